The van der Waals surface area contributed by atoms with E-state index in [1.54, 1.807) is 6.92 Å². The van der Waals surface area contributed by atoms with Crippen LogP contribution in [0.25, 0.3) is 0 Å². The van der Waals surface area contributed by atoms with E-state index in [0.29, 0.717) is 18.4 Å². The smallest absolute Gasteiger partial charge is 0.225 e. The lowest BCUT2D eigenvalue weighted by Gasteiger charge is -2.48. The quantitative estimate of drug-likeness (QED) is 0.160. The SMILES string of the molecule is C=CCC1CCCC(CC(=O)NC[C@H](O)[C@H](C)C(=O)NCCC[C@H]2OC3(CCC[C@@H](CC[C@H](C)C=C)O3)CCC2C)O1. The van der Waals surface area contributed by atoms with E-state index in [2.05, 4.69) is 37.6 Å². The van der Waals surface area contributed by atoms with Crippen LogP contribution in [0.2, 0.25) is 0 Å². The fraction of sp³-hybridized carbons (Fsp3) is 0.824. The summed E-state index contributed by atoms with van der Waals surface area (Å²) in [7, 11) is 0. The monoisotopic (exact) mass is 590 g/mol. The van der Waals surface area contributed by atoms with Gasteiger partial charge in [0.15, 0.2) is 5.79 Å². The third-order valence-corrected chi connectivity index (χ3v) is 9.54. The zero-order valence-electron chi connectivity index (χ0n) is 26.5. The van der Waals surface area contributed by atoms with Gasteiger partial charge in [-0.05, 0) is 82.5 Å². The van der Waals surface area contributed by atoms with Gasteiger partial charge in [-0.25, -0.2) is 0 Å². The number of ether oxygens (including phenoxy) is 3. The van der Waals surface area contributed by atoms with Gasteiger partial charge in [0.2, 0.25) is 11.8 Å². The van der Waals surface area contributed by atoms with E-state index in [9.17, 15) is 14.7 Å². The van der Waals surface area contributed by atoms with E-state index >= 15 is 0 Å². The average molecular weight is 591 g/mol. The number of hydrogen-bond acceptors (Lipinski definition) is 6. The van der Waals surface area contributed by atoms with Crippen molar-refractivity contribution in [2.24, 2.45) is 17.8 Å². The third-order valence-electron chi connectivity index (χ3n) is 9.54. The second kappa shape index (κ2) is 17.5. The summed E-state index contributed by atoms with van der Waals surface area (Å²) in [6.45, 7) is 14.4. The highest BCUT2D eigenvalue weighted by atomic mass is 16.7. The fourth-order valence-corrected chi connectivity index (χ4v) is 6.50. The molecular formula is C34H58N2O6. The molecule has 0 saturated carbocycles. The van der Waals surface area contributed by atoms with Gasteiger partial charge in [-0.1, -0.05) is 32.9 Å². The summed E-state index contributed by atoms with van der Waals surface area (Å²) in [4.78, 5) is 25.1. The van der Waals surface area contributed by atoms with Crippen LogP contribution >= 0.6 is 0 Å². The zero-order valence-corrected chi connectivity index (χ0v) is 26.5. The Morgan fingerprint density at radius 2 is 1.76 bits per heavy atom. The molecule has 0 radical (unpaired) electrons. The maximum Gasteiger partial charge on any atom is 0.225 e. The second-order valence-electron chi connectivity index (χ2n) is 13.1. The van der Waals surface area contributed by atoms with Gasteiger partial charge >= 0.3 is 0 Å². The van der Waals surface area contributed by atoms with Crippen LogP contribution in [0, 0.1) is 17.8 Å². The lowest BCUT2D eigenvalue weighted by molar-refractivity contribution is -0.324. The number of hydrogen-bond donors (Lipinski definition) is 3. The van der Waals surface area contributed by atoms with Crippen LogP contribution in [0.1, 0.15) is 111 Å². The van der Waals surface area contributed by atoms with Crippen molar-refractivity contribution < 1.29 is 28.9 Å². The van der Waals surface area contributed by atoms with Crippen molar-refractivity contribution in [3.05, 3.63) is 25.3 Å². The summed E-state index contributed by atoms with van der Waals surface area (Å²) in [5, 5.41) is 16.3. The predicted octanol–water partition coefficient (Wildman–Crippen LogP) is 5.58. The summed E-state index contributed by atoms with van der Waals surface area (Å²) in [6, 6.07) is 0. The van der Waals surface area contributed by atoms with Gasteiger partial charge in [0.25, 0.3) is 0 Å². The molecule has 42 heavy (non-hydrogen) atoms. The molecule has 3 N–H and O–H groups in total. The van der Waals surface area contributed by atoms with Crippen molar-refractivity contribution in [2.45, 2.75) is 147 Å². The second-order valence-corrected chi connectivity index (χ2v) is 13.1. The van der Waals surface area contributed by atoms with Crippen LogP contribution in [0.15, 0.2) is 25.3 Å². The van der Waals surface area contributed by atoms with Gasteiger partial charge < -0.3 is 30.0 Å². The highest BCUT2D eigenvalue weighted by molar-refractivity contribution is 5.79. The Kier molecular flexibility index (Phi) is 14.5. The topological polar surface area (TPSA) is 106 Å². The minimum Gasteiger partial charge on any atom is -0.390 e. The minimum absolute atomic E-state index is 0.0409. The largest absolute Gasteiger partial charge is 0.390 e. The van der Waals surface area contributed by atoms with Crippen LogP contribution in [-0.2, 0) is 23.8 Å². The molecule has 3 saturated heterocycles. The molecule has 9 atom stereocenters. The lowest BCUT2D eigenvalue weighted by atomic mass is 9.85. The van der Waals surface area contributed by atoms with Crippen LogP contribution in [-0.4, -0.2) is 66.3 Å². The van der Waals surface area contributed by atoms with Gasteiger partial charge in [-0.15, -0.1) is 13.2 Å². The molecule has 0 aromatic heterocycles. The fourth-order valence-electron chi connectivity index (χ4n) is 6.50. The molecule has 3 aliphatic rings. The van der Waals surface area contributed by atoms with Gasteiger partial charge in [0.1, 0.15) is 0 Å². The average Bonchev–Trinajstić information content (AvgIpc) is 2.98. The molecule has 8 nitrogen and oxygen atoms in total. The standard InChI is InChI=1S/C34H58N2O6/c1-6-11-27-12-8-13-29(40-27)22-32(38)36-23-30(37)26(5)33(39)35-21-10-15-31-25(4)18-20-34(42-31)19-9-14-28(41-34)17-16-24(3)7-2/h6-7,24-31,37H,1-2,8-23H2,3-5H3,(H,35,39)(H,36,38)/t24-,25?,26+,27?,28+,29?,30+,31-,34?/m1/s1. The Hall–Kier alpha value is -1.74. The van der Waals surface area contributed by atoms with E-state index in [1.165, 1.54) is 0 Å². The van der Waals surface area contributed by atoms with Crippen molar-refractivity contribution in [2.75, 3.05) is 13.1 Å². The number of allylic oxidation sites excluding steroid dienone is 1. The van der Waals surface area contributed by atoms with Crippen molar-refractivity contribution in [3.63, 3.8) is 0 Å². The number of aliphatic hydroxyl groups is 1. The number of aliphatic hydroxyl groups excluding tert-OH is 1. The van der Waals surface area contributed by atoms with E-state index in [4.69, 9.17) is 14.2 Å². The van der Waals surface area contributed by atoms with E-state index in [0.717, 1.165) is 83.5 Å². The molecule has 3 heterocycles. The molecule has 3 rings (SSSR count). The predicted molar refractivity (Wildman–Crippen MR) is 166 cm³/mol. The van der Waals surface area contributed by atoms with Gasteiger partial charge in [0, 0.05) is 25.9 Å². The van der Waals surface area contributed by atoms with Crippen LogP contribution in [0.3, 0.4) is 0 Å². The maximum absolute atomic E-state index is 12.7. The van der Waals surface area contributed by atoms with Crippen molar-refractivity contribution in [1.29, 1.82) is 0 Å². The van der Waals surface area contributed by atoms with Crippen LogP contribution < -0.4 is 10.6 Å². The zero-order chi connectivity index (χ0) is 30.5. The van der Waals surface area contributed by atoms with Crippen molar-refractivity contribution >= 4 is 11.8 Å². The Bertz CT molecular complexity index is 867. The van der Waals surface area contributed by atoms with Gasteiger partial charge in [-0.3, -0.25) is 9.59 Å². The van der Waals surface area contributed by atoms with Crippen molar-refractivity contribution in [3.8, 4) is 0 Å². The molecule has 0 aromatic carbocycles. The minimum atomic E-state index is -0.956. The number of rotatable bonds is 16. The summed E-state index contributed by atoms with van der Waals surface area (Å²) >= 11 is 0. The Morgan fingerprint density at radius 3 is 2.52 bits per heavy atom. The first kappa shape index (κ1) is 34.7. The molecule has 240 valence electrons. The maximum atomic E-state index is 12.7. The first-order chi connectivity index (χ1) is 20.1. The molecule has 3 aliphatic heterocycles. The molecule has 8 heteroatoms. The lowest BCUT2D eigenvalue weighted by Crippen LogP contribution is -2.50. The third kappa shape index (κ3) is 11.1. The highest BCUT2D eigenvalue weighted by Gasteiger charge is 2.44. The normalized spacial score (nSPS) is 32.0. The van der Waals surface area contributed by atoms with Gasteiger partial charge in [-0.2, -0.15) is 0 Å². The molecule has 4 unspecified atom stereocenters. The number of carbonyl (C=O) groups excluding carboxylic acids is 2. The Labute approximate surface area is 254 Å². The summed E-state index contributed by atoms with van der Waals surface area (Å²) in [5.74, 6) is -0.502. The molecule has 0 aromatic rings. The molecule has 3 fully saturated rings. The van der Waals surface area contributed by atoms with E-state index in [1.807, 2.05) is 12.2 Å². The van der Waals surface area contributed by atoms with E-state index in [-0.39, 0.29) is 49.2 Å². The number of carbonyl (C=O) groups is 2. The summed E-state index contributed by atoms with van der Waals surface area (Å²) < 4.78 is 19.2. The van der Waals surface area contributed by atoms with E-state index < -0.39 is 17.8 Å². The van der Waals surface area contributed by atoms with Crippen molar-refractivity contribution in [1.82, 2.24) is 10.6 Å². The molecule has 0 aliphatic carbocycles. The molecule has 0 bridgehead atoms. The summed E-state index contributed by atoms with van der Waals surface area (Å²) in [5.41, 5.74) is 0. The van der Waals surface area contributed by atoms with Crippen LogP contribution in [0.5, 0.6) is 0 Å². The first-order valence-electron chi connectivity index (χ1n) is 16.6. The first-order valence-corrected chi connectivity index (χ1v) is 16.6. The Morgan fingerprint density at radius 1 is 1.00 bits per heavy atom. The Balaban J connectivity index is 1.33. The van der Waals surface area contributed by atoms with Gasteiger partial charge in [0.05, 0.1) is 42.9 Å². The molecule has 1 spiro atoms. The summed E-state index contributed by atoms with van der Waals surface area (Å²) in [6.07, 6.45) is 16.3. The van der Waals surface area contributed by atoms with Crippen LogP contribution in [0.4, 0.5) is 0 Å². The molecule has 2 amide bonds. The number of amides is 2. The number of nitrogens with one attached hydrogen (secondary N) is 2. The highest BCUT2D eigenvalue weighted by Crippen LogP contribution is 2.43. The molecular weight excluding hydrogens is 532 g/mol.